The molecule has 0 amide bonds. The van der Waals surface area contributed by atoms with Gasteiger partial charge in [0, 0.05) is 11.3 Å². The van der Waals surface area contributed by atoms with Crippen LogP contribution in [0.25, 0.3) is 0 Å². The molecular weight excluding hydrogens is 208 g/mol. The molecule has 0 radical (unpaired) electrons. The zero-order valence-corrected chi connectivity index (χ0v) is 9.97. The van der Waals surface area contributed by atoms with Crippen molar-refractivity contribution in [3.8, 4) is 0 Å². The van der Waals surface area contributed by atoms with Crippen LogP contribution in [0.4, 0.5) is 0 Å². The highest BCUT2D eigenvalue weighted by Gasteiger charge is 2.00. The van der Waals surface area contributed by atoms with Crippen molar-refractivity contribution in [1.82, 2.24) is 0 Å². The van der Waals surface area contributed by atoms with Gasteiger partial charge in [-0.2, -0.15) is 0 Å². The van der Waals surface area contributed by atoms with Crippen LogP contribution in [0.3, 0.4) is 0 Å². The molecule has 3 heteroatoms. The van der Waals surface area contributed by atoms with Gasteiger partial charge in [0.15, 0.2) is 0 Å². The Morgan fingerprint density at radius 1 is 1.47 bits per heavy atom. The molecule has 0 unspecified atom stereocenters. The van der Waals surface area contributed by atoms with Crippen molar-refractivity contribution in [3.05, 3.63) is 29.8 Å². The summed E-state index contributed by atoms with van der Waals surface area (Å²) in [4.78, 5) is 12.1. The second-order valence-corrected chi connectivity index (χ2v) is 4.51. The molecule has 2 nitrogen and oxygen atoms in total. The smallest absolute Gasteiger partial charge is 0.305 e. The molecule has 0 fully saturated rings. The van der Waals surface area contributed by atoms with Crippen molar-refractivity contribution in [2.24, 2.45) is 0 Å². The fraction of sp³-hybridized carbons (Fsp3) is 0.417. The van der Waals surface area contributed by atoms with E-state index < -0.39 is 0 Å². The predicted octanol–water partition coefficient (Wildman–Crippen LogP) is 3.04. The normalized spacial score (nSPS) is 10.0. The number of hydrogen-bond donors (Lipinski definition) is 0. The predicted molar refractivity (Wildman–Crippen MR) is 63.2 cm³/mol. The van der Waals surface area contributed by atoms with E-state index in [0.717, 1.165) is 12.2 Å². The van der Waals surface area contributed by atoms with Crippen molar-refractivity contribution in [2.45, 2.75) is 24.7 Å². The maximum atomic E-state index is 10.8. The lowest BCUT2D eigenvalue weighted by Crippen LogP contribution is -1.99. The summed E-state index contributed by atoms with van der Waals surface area (Å²) in [5.41, 5.74) is 1.27. The molecule has 0 aliphatic rings. The molecule has 0 saturated carbocycles. The lowest BCUT2D eigenvalue weighted by atomic mass is 10.2. The molecular formula is C12H16O2S. The molecule has 15 heavy (non-hydrogen) atoms. The molecule has 0 saturated heterocycles. The van der Waals surface area contributed by atoms with E-state index in [1.54, 1.807) is 11.8 Å². The van der Waals surface area contributed by atoms with E-state index in [2.05, 4.69) is 35.9 Å². The first-order valence-corrected chi connectivity index (χ1v) is 5.97. The first kappa shape index (κ1) is 12.1. The second-order valence-electron chi connectivity index (χ2n) is 3.34. The lowest BCUT2D eigenvalue weighted by Gasteiger charge is -2.02. The van der Waals surface area contributed by atoms with Gasteiger partial charge in [-0.1, -0.05) is 17.7 Å². The van der Waals surface area contributed by atoms with Crippen LogP contribution in [0.1, 0.15) is 18.4 Å². The number of hydrogen-bond acceptors (Lipinski definition) is 3. The van der Waals surface area contributed by atoms with Gasteiger partial charge in [0.05, 0.1) is 7.11 Å². The largest absolute Gasteiger partial charge is 0.469 e. The minimum Gasteiger partial charge on any atom is -0.469 e. The molecule has 0 aromatic heterocycles. The summed E-state index contributed by atoms with van der Waals surface area (Å²) >= 11 is 1.78. The van der Waals surface area contributed by atoms with Crippen LogP contribution in [0.5, 0.6) is 0 Å². The quantitative estimate of drug-likeness (QED) is 0.437. The molecule has 1 aromatic rings. The summed E-state index contributed by atoms with van der Waals surface area (Å²) in [6.45, 7) is 2.08. The third-order valence-electron chi connectivity index (χ3n) is 2.01. The first-order valence-electron chi connectivity index (χ1n) is 4.98. The number of carbonyl (C=O) groups is 1. The first-order chi connectivity index (χ1) is 7.22. The van der Waals surface area contributed by atoms with Crippen molar-refractivity contribution >= 4 is 17.7 Å². The Hall–Kier alpha value is -0.960. The van der Waals surface area contributed by atoms with E-state index in [1.807, 2.05) is 0 Å². The molecule has 0 aliphatic carbocycles. The summed E-state index contributed by atoms with van der Waals surface area (Å²) in [5.74, 6) is 0.832. The third kappa shape index (κ3) is 4.88. The van der Waals surface area contributed by atoms with Gasteiger partial charge in [-0.15, -0.1) is 11.8 Å². The minimum absolute atomic E-state index is 0.125. The standard InChI is InChI=1S/C12H16O2S/c1-10-5-3-6-11(9-10)15-8-4-7-12(13)14-2/h3,5-6,9H,4,7-8H2,1-2H3. The second kappa shape index (κ2) is 6.51. The summed E-state index contributed by atoms with van der Waals surface area (Å²) in [6.07, 6.45) is 1.38. The number of ether oxygens (including phenoxy) is 1. The van der Waals surface area contributed by atoms with Crippen LogP contribution in [0.2, 0.25) is 0 Å². The molecule has 1 rings (SSSR count). The van der Waals surface area contributed by atoms with Gasteiger partial charge in [0.25, 0.3) is 0 Å². The fourth-order valence-electron chi connectivity index (χ4n) is 1.21. The van der Waals surface area contributed by atoms with Gasteiger partial charge in [-0.05, 0) is 31.2 Å². The van der Waals surface area contributed by atoms with Crippen LogP contribution < -0.4 is 0 Å². The van der Waals surface area contributed by atoms with Crippen LogP contribution >= 0.6 is 11.8 Å². The highest BCUT2D eigenvalue weighted by Crippen LogP contribution is 2.20. The van der Waals surface area contributed by atoms with Crippen molar-refractivity contribution < 1.29 is 9.53 Å². The number of thioether (sulfide) groups is 1. The van der Waals surface area contributed by atoms with Gasteiger partial charge in [-0.25, -0.2) is 0 Å². The van der Waals surface area contributed by atoms with E-state index in [1.165, 1.54) is 17.6 Å². The zero-order chi connectivity index (χ0) is 11.1. The van der Waals surface area contributed by atoms with Gasteiger partial charge >= 0.3 is 5.97 Å². The highest BCUT2D eigenvalue weighted by molar-refractivity contribution is 7.99. The Kier molecular flexibility index (Phi) is 5.26. The topological polar surface area (TPSA) is 26.3 Å². The van der Waals surface area contributed by atoms with E-state index in [0.29, 0.717) is 6.42 Å². The van der Waals surface area contributed by atoms with Gasteiger partial charge in [0.2, 0.25) is 0 Å². The summed E-state index contributed by atoms with van der Waals surface area (Å²) in [6, 6.07) is 8.38. The molecule has 0 aliphatic heterocycles. The molecule has 1 aromatic carbocycles. The Balaban J connectivity index is 2.23. The van der Waals surface area contributed by atoms with Crippen LogP contribution in [0.15, 0.2) is 29.2 Å². The number of aryl methyl sites for hydroxylation is 1. The molecule has 0 spiro atoms. The SMILES string of the molecule is COC(=O)CCCSc1cccc(C)c1. The van der Waals surface area contributed by atoms with Gasteiger partial charge in [0.1, 0.15) is 0 Å². The maximum Gasteiger partial charge on any atom is 0.305 e. The fourth-order valence-corrected chi connectivity index (χ4v) is 2.18. The molecule has 82 valence electrons. The Bertz CT molecular complexity index is 323. The molecule has 0 N–H and O–H groups in total. The molecule has 0 heterocycles. The van der Waals surface area contributed by atoms with Crippen molar-refractivity contribution in [3.63, 3.8) is 0 Å². The molecule has 0 atom stereocenters. The average molecular weight is 224 g/mol. The summed E-state index contributed by atoms with van der Waals surface area (Å²) in [7, 11) is 1.43. The summed E-state index contributed by atoms with van der Waals surface area (Å²) in [5, 5.41) is 0. The monoisotopic (exact) mass is 224 g/mol. The Morgan fingerprint density at radius 2 is 2.27 bits per heavy atom. The van der Waals surface area contributed by atoms with Crippen LogP contribution in [-0.2, 0) is 9.53 Å². The Labute approximate surface area is 95.0 Å². The van der Waals surface area contributed by atoms with E-state index in [4.69, 9.17) is 0 Å². The van der Waals surface area contributed by atoms with E-state index in [-0.39, 0.29) is 5.97 Å². The average Bonchev–Trinajstić information content (AvgIpc) is 2.24. The van der Waals surface area contributed by atoms with Gasteiger partial charge < -0.3 is 4.74 Å². The number of rotatable bonds is 5. The third-order valence-corrected chi connectivity index (χ3v) is 3.09. The van der Waals surface area contributed by atoms with Gasteiger partial charge in [-0.3, -0.25) is 4.79 Å². The van der Waals surface area contributed by atoms with Crippen molar-refractivity contribution in [2.75, 3.05) is 12.9 Å². The number of carbonyl (C=O) groups excluding carboxylic acids is 1. The van der Waals surface area contributed by atoms with Crippen LogP contribution in [-0.4, -0.2) is 18.8 Å². The van der Waals surface area contributed by atoms with E-state index >= 15 is 0 Å². The maximum absolute atomic E-state index is 10.8. The van der Waals surface area contributed by atoms with Crippen molar-refractivity contribution in [1.29, 1.82) is 0 Å². The van der Waals surface area contributed by atoms with E-state index in [9.17, 15) is 4.79 Å². The van der Waals surface area contributed by atoms with Crippen LogP contribution in [0, 0.1) is 6.92 Å². The molecule has 0 bridgehead atoms. The summed E-state index contributed by atoms with van der Waals surface area (Å²) < 4.78 is 4.57. The number of methoxy groups -OCH3 is 1. The minimum atomic E-state index is -0.125. The Morgan fingerprint density at radius 3 is 2.93 bits per heavy atom. The lowest BCUT2D eigenvalue weighted by molar-refractivity contribution is -0.140. The zero-order valence-electron chi connectivity index (χ0n) is 9.16. The highest BCUT2D eigenvalue weighted by atomic mass is 32.2. The number of esters is 1. The number of benzene rings is 1.